The van der Waals surface area contributed by atoms with Crippen LogP contribution in [0.4, 0.5) is 13.2 Å². The first-order valence-electron chi connectivity index (χ1n) is 6.59. The third-order valence-electron chi connectivity index (χ3n) is 3.32. The Labute approximate surface area is 130 Å². The van der Waals surface area contributed by atoms with Gasteiger partial charge in [0.05, 0.1) is 19.8 Å². The van der Waals surface area contributed by atoms with E-state index < -0.39 is 24.2 Å². The molecule has 0 spiro atoms. The van der Waals surface area contributed by atoms with Crippen LogP contribution in [0.15, 0.2) is 24.3 Å². The summed E-state index contributed by atoms with van der Waals surface area (Å²) in [5.41, 5.74) is -0.0653. The summed E-state index contributed by atoms with van der Waals surface area (Å²) in [4.78, 5) is 12.9. The molecule has 1 saturated heterocycles. The molecule has 0 unspecified atom stereocenters. The Kier molecular flexibility index (Phi) is 5.31. The third kappa shape index (κ3) is 3.91. The van der Waals surface area contributed by atoms with Crippen LogP contribution in [0.25, 0.3) is 0 Å². The largest absolute Gasteiger partial charge is 0.413 e. The first-order chi connectivity index (χ1) is 10.3. The van der Waals surface area contributed by atoms with E-state index in [-0.39, 0.29) is 18.8 Å². The van der Waals surface area contributed by atoms with Crippen molar-refractivity contribution in [3.05, 3.63) is 34.9 Å². The van der Waals surface area contributed by atoms with E-state index in [2.05, 4.69) is 0 Å². The smallest absolute Gasteiger partial charge is 0.376 e. The summed E-state index contributed by atoms with van der Waals surface area (Å²) in [7, 11) is 1.10. The maximum Gasteiger partial charge on any atom is 0.413 e. The van der Waals surface area contributed by atoms with Crippen LogP contribution in [-0.4, -0.2) is 50.0 Å². The number of carbonyl (C=O) groups is 1. The van der Waals surface area contributed by atoms with E-state index in [4.69, 9.17) is 21.1 Å². The molecule has 1 aromatic rings. The number of nitrogens with zero attached hydrogens (tertiary/aromatic N) is 1. The molecule has 0 aromatic heterocycles. The quantitative estimate of drug-likeness (QED) is 0.851. The standard InChI is InChI=1S/C14H15ClF3NO3/c1-19(13(20)11-8-21-6-7-22-11)12(14(16,17)18)9-2-4-10(15)5-3-9/h2-5,11-12H,6-8H2,1H3/t11-,12-/m0/s1. The number of rotatable bonds is 3. The third-order valence-corrected chi connectivity index (χ3v) is 3.57. The van der Waals surface area contributed by atoms with Gasteiger partial charge in [-0.2, -0.15) is 13.2 Å². The first kappa shape index (κ1) is 17.1. The normalized spacial score (nSPS) is 20.5. The minimum Gasteiger partial charge on any atom is -0.376 e. The Hall–Kier alpha value is -1.31. The van der Waals surface area contributed by atoms with Gasteiger partial charge in [-0.1, -0.05) is 23.7 Å². The Bertz CT molecular complexity index is 515. The molecule has 22 heavy (non-hydrogen) atoms. The highest BCUT2D eigenvalue weighted by Gasteiger charge is 2.46. The van der Waals surface area contributed by atoms with Crippen molar-refractivity contribution in [2.75, 3.05) is 26.9 Å². The number of benzene rings is 1. The van der Waals surface area contributed by atoms with Gasteiger partial charge in [-0.25, -0.2) is 0 Å². The second-order valence-corrected chi connectivity index (χ2v) is 5.32. The van der Waals surface area contributed by atoms with Crippen LogP contribution in [-0.2, 0) is 14.3 Å². The van der Waals surface area contributed by atoms with Crippen LogP contribution >= 0.6 is 11.6 Å². The lowest BCUT2D eigenvalue weighted by Gasteiger charge is -2.33. The van der Waals surface area contributed by atoms with Crippen molar-refractivity contribution < 1.29 is 27.4 Å². The molecule has 0 bridgehead atoms. The molecule has 1 heterocycles. The fraction of sp³-hybridized carbons (Fsp3) is 0.500. The molecule has 2 rings (SSSR count). The topological polar surface area (TPSA) is 38.8 Å². The monoisotopic (exact) mass is 337 g/mol. The number of halogens is 4. The molecule has 122 valence electrons. The van der Waals surface area contributed by atoms with Crippen molar-refractivity contribution in [1.82, 2.24) is 4.90 Å². The minimum absolute atomic E-state index is 0.0473. The zero-order valence-electron chi connectivity index (χ0n) is 11.8. The van der Waals surface area contributed by atoms with Crippen molar-refractivity contribution >= 4 is 17.5 Å². The lowest BCUT2D eigenvalue weighted by atomic mass is 10.0. The van der Waals surface area contributed by atoms with Gasteiger partial charge >= 0.3 is 6.18 Å². The summed E-state index contributed by atoms with van der Waals surface area (Å²) in [5.74, 6) is -0.767. The maximum atomic E-state index is 13.4. The molecule has 0 radical (unpaired) electrons. The Balaban J connectivity index is 2.24. The van der Waals surface area contributed by atoms with E-state index in [1.807, 2.05) is 0 Å². The van der Waals surface area contributed by atoms with Crippen LogP contribution < -0.4 is 0 Å². The van der Waals surface area contributed by atoms with Gasteiger partial charge in [-0.15, -0.1) is 0 Å². The van der Waals surface area contributed by atoms with E-state index in [0.29, 0.717) is 16.5 Å². The fourth-order valence-electron chi connectivity index (χ4n) is 2.26. The summed E-state index contributed by atoms with van der Waals surface area (Å²) >= 11 is 5.70. The summed E-state index contributed by atoms with van der Waals surface area (Å²) in [6, 6.07) is 3.15. The molecule has 1 fully saturated rings. The van der Waals surface area contributed by atoms with Crippen LogP contribution in [0.1, 0.15) is 11.6 Å². The number of amides is 1. The molecule has 8 heteroatoms. The van der Waals surface area contributed by atoms with Crippen molar-refractivity contribution in [3.63, 3.8) is 0 Å². The Morgan fingerprint density at radius 3 is 2.45 bits per heavy atom. The van der Waals surface area contributed by atoms with Gasteiger partial charge in [-0.3, -0.25) is 4.79 Å². The second kappa shape index (κ2) is 6.85. The van der Waals surface area contributed by atoms with Crippen molar-refractivity contribution in [3.8, 4) is 0 Å². The molecule has 1 amide bonds. The van der Waals surface area contributed by atoms with Crippen molar-refractivity contribution in [2.45, 2.75) is 18.3 Å². The van der Waals surface area contributed by atoms with E-state index in [1.165, 1.54) is 24.3 Å². The zero-order chi connectivity index (χ0) is 16.3. The highest BCUT2D eigenvalue weighted by Crippen LogP contribution is 2.37. The first-order valence-corrected chi connectivity index (χ1v) is 6.96. The molecule has 0 aliphatic carbocycles. The van der Waals surface area contributed by atoms with E-state index in [9.17, 15) is 18.0 Å². The number of hydrogen-bond acceptors (Lipinski definition) is 3. The van der Waals surface area contributed by atoms with Gasteiger partial charge in [-0.05, 0) is 17.7 Å². The summed E-state index contributed by atoms with van der Waals surface area (Å²) in [6.07, 6.45) is -5.63. The van der Waals surface area contributed by atoms with Gasteiger partial charge in [0.25, 0.3) is 5.91 Å². The second-order valence-electron chi connectivity index (χ2n) is 4.88. The van der Waals surface area contributed by atoms with Crippen LogP contribution in [0.3, 0.4) is 0 Å². The minimum atomic E-state index is -4.62. The summed E-state index contributed by atoms with van der Waals surface area (Å²) < 4.78 is 50.4. The number of ether oxygens (including phenoxy) is 2. The Morgan fingerprint density at radius 1 is 1.32 bits per heavy atom. The predicted molar refractivity (Wildman–Crippen MR) is 73.6 cm³/mol. The lowest BCUT2D eigenvalue weighted by Crippen LogP contribution is -2.48. The number of carbonyl (C=O) groups excluding carboxylic acids is 1. The molecule has 1 aromatic carbocycles. The average Bonchev–Trinajstić information content (AvgIpc) is 2.48. The van der Waals surface area contributed by atoms with Crippen LogP contribution in [0.5, 0.6) is 0 Å². The van der Waals surface area contributed by atoms with Crippen LogP contribution in [0.2, 0.25) is 5.02 Å². The molecule has 0 N–H and O–H groups in total. The van der Waals surface area contributed by atoms with Gasteiger partial charge < -0.3 is 14.4 Å². The lowest BCUT2D eigenvalue weighted by molar-refractivity contribution is -0.197. The summed E-state index contributed by atoms with van der Waals surface area (Å²) in [5, 5.41) is 0.322. The Morgan fingerprint density at radius 2 is 1.95 bits per heavy atom. The molecular weight excluding hydrogens is 323 g/mol. The molecule has 4 nitrogen and oxygen atoms in total. The molecular formula is C14H15ClF3NO3. The molecule has 1 aliphatic heterocycles. The predicted octanol–water partition coefficient (Wildman–Crippen LogP) is 2.82. The number of hydrogen-bond donors (Lipinski definition) is 0. The fourth-order valence-corrected chi connectivity index (χ4v) is 2.39. The maximum absolute atomic E-state index is 13.4. The zero-order valence-corrected chi connectivity index (χ0v) is 12.5. The van der Waals surface area contributed by atoms with Crippen molar-refractivity contribution in [2.24, 2.45) is 0 Å². The average molecular weight is 338 g/mol. The van der Waals surface area contributed by atoms with E-state index in [0.717, 1.165) is 7.05 Å². The highest BCUT2D eigenvalue weighted by atomic mass is 35.5. The summed E-state index contributed by atoms with van der Waals surface area (Å²) in [6.45, 7) is 0.462. The molecule has 2 atom stereocenters. The SMILES string of the molecule is CN(C(=O)[C@@H]1COCCO1)[C@@H](c1ccc(Cl)cc1)C(F)(F)F. The molecule has 1 aliphatic rings. The van der Waals surface area contributed by atoms with Crippen LogP contribution in [0, 0.1) is 0 Å². The molecule has 0 saturated carbocycles. The van der Waals surface area contributed by atoms with Gasteiger partial charge in [0.1, 0.15) is 0 Å². The van der Waals surface area contributed by atoms with E-state index in [1.54, 1.807) is 0 Å². The van der Waals surface area contributed by atoms with Gasteiger partial charge in [0, 0.05) is 12.1 Å². The highest BCUT2D eigenvalue weighted by molar-refractivity contribution is 6.30. The van der Waals surface area contributed by atoms with Crippen molar-refractivity contribution in [1.29, 1.82) is 0 Å². The van der Waals surface area contributed by atoms with Gasteiger partial charge in [0.15, 0.2) is 12.1 Å². The number of alkyl halides is 3. The number of likely N-dealkylation sites (N-methyl/N-ethyl adjacent to an activating group) is 1. The van der Waals surface area contributed by atoms with Gasteiger partial charge in [0.2, 0.25) is 0 Å². The van der Waals surface area contributed by atoms with E-state index >= 15 is 0 Å².